The highest BCUT2D eigenvalue weighted by molar-refractivity contribution is 7.99. The number of aromatic nitrogens is 3. The Kier molecular flexibility index (Phi) is 4.59. The fourth-order valence-electron chi connectivity index (χ4n) is 4.37. The predicted molar refractivity (Wildman–Crippen MR) is 136 cm³/mol. The van der Waals surface area contributed by atoms with Crippen LogP contribution in [0, 0.1) is 13.8 Å². The molecule has 0 atom stereocenters. The SMILES string of the molecule is Cc1ccc(C)c(-n2c3ccccc3c3ccc(Sc4ccc5cccc(O)c5n4)cc32)n1. The molecule has 0 saturated heterocycles. The van der Waals surface area contributed by atoms with E-state index in [2.05, 4.69) is 66.1 Å². The number of para-hydroxylation sites is 2. The highest BCUT2D eigenvalue weighted by Crippen LogP contribution is 2.37. The number of fused-ring (bicyclic) bond motifs is 4. The summed E-state index contributed by atoms with van der Waals surface area (Å²) in [4.78, 5) is 10.7. The summed E-state index contributed by atoms with van der Waals surface area (Å²) in [5.41, 5.74) is 5.01. The largest absolute Gasteiger partial charge is 0.506 e. The topological polar surface area (TPSA) is 50.9 Å². The summed E-state index contributed by atoms with van der Waals surface area (Å²) in [5.74, 6) is 1.16. The second-order valence-corrected chi connectivity index (χ2v) is 9.32. The zero-order valence-electron chi connectivity index (χ0n) is 18.3. The molecule has 6 rings (SSSR count). The maximum Gasteiger partial charge on any atom is 0.141 e. The van der Waals surface area contributed by atoms with Crippen LogP contribution in [0.2, 0.25) is 0 Å². The first-order valence-electron chi connectivity index (χ1n) is 10.8. The van der Waals surface area contributed by atoms with Gasteiger partial charge in [-0.2, -0.15) is 0 Å². The monoisotopic (exact) mass is 447 g/mol. The number of benzene rings is 3. The minimum atomic E-state index is 0.200. The smallest absolute Gasteiger partial charge is 0.141 e. The number of pyridine rings is 2. The Morgan fingerprint density at radius 3 is 2.52 bits per heavy atom. The average Bonchev–Trinajstić information content (AvgIpc) is 3.15. The van der Waals surface area contributed by atoms with Gasteiger partial charge >= 0.3 is 0 Å². The molecule has 5 heteroatoms. The minimum absolute atomic E-state index is 0.200. The van der Waals surface area contributed by atoms with Gasteiger partial charge in [0, 0.05) is 26.7 Å². The fraction of sp³-hybridized carbons (Fsp3) is 0.0714. The van der Waals surface area contributed by atoms with Gasteiger partial charge in [-0.05, 0) is 61.9 Å². The van der Waals surface area contributed by atoms with Gasteiger partial charge in [0.2, 0.25) is 0 Å². The highest BCUT2D eigenvalue weighted by Gasteiger charge is 2.15. The molecule has 0 bridgehead atoms. The summed E-state index contributed by atoms with van der Waals surface area (Å²) in [6, 6.07) is 28.6. The first-order valence-corrected chi connectivity index (χ1v) is 11.6. The lowest BCUT2D eigenvalue weighted by atomic mass is 10.2. The number of phenols is 1. The van der Waals surface area contributed by atoms with Crippen molar-refractivity contribution in [3.63, 3.8) is 0 Å². The number of rotatable bonds is 3. The van der Waals surface area contributed by atoms with Gasteiger partial charge in [-0.3, -0.25) is 4.57 Å². The van der Waals surface area contributed by atoms with Crippen LogP contribution in [0.4, 0.5) is 0 Å². The molecule has 3 aromatic carbocycles. The van der Waals surface area contributed by atoms with Gasteiger partial charge in [0.25, 0.3) is 0 Å². The van der Waals surface area contributed by atoms with Crippen molar-refractivity contribution in [3.8, 4) is 11.6 Å². The quantitative estimate of drug-likeness (QED) is 0.312. The number of aryl methyl sites for hydroxylation is 2. The molecule has 3 aromatic heterocycles. The van der Waals surface area contributed by atoms with E-state index in [1.807, 2.05) is 31.2 Å². The fourth-order valence-corrected chi connectivity index (χ4v) is 5.19. The van der Waals surface area contributed by atoms with E-state index in [-0.39, 0.29) is 5.75 Å². The maximum absolute atomic E-state index is 10.2. The summed E-state index contributed by atoms with van der Waals surface area (Å²) in [6.07, 6.45) is 0. The van der Waals surface area contributed by atoms with E-state index in [0.717, 1.165) is 43.4 Å². The van der Waals surface area contributed by atoms with Crippen LogP contribution in [-0.4, -0.2) is 19.6 Å². The molecular formula is C28H21N3OS. The lowest BCUT2D eigenvalue weighted by molar-refractivity contribution is 0.480. The number of aromatic hydroxyl groups is 1. The van der Waals surface area contributed by atoms with Crippen LogP contribution in [-0.2, 0) is 0 Å². The summed E-state index contributed by atoms with van der Waals surface area (Å²) in [6.45, 7) is 4.13. The zero-order valence-corrected chi connectivity index (χ0v) is 19.1. The van der Waals surface area contributed by atoms with Crippen molar-refractivity contribution >= 4 is 44.5 Å². The number of nitrogens with zero attached hydrogens (tertiary/aromatic N) is 3. The summed E-state index contributed by atoms with van der Waals surface area (Å²) in [7, 11) is 0. The van der Waals surface area contributed by atoms with Crippen molar-refractivity contribution in [2.75, 3.05) is 0 Å². The van der Waals surface area contributed by atoms with Gasteiger partial charge in [-0.1, -0.05) is 54.2 Å². The third-order valence-corrected chi connectivity index (χ3v) is 6.89. The van der Waals surface area contributed by atoms with Crippen molar-refractivity contribution in [1.29, 1.82) is 0 Å². The molecule has 0 aliphatic heterocycles. The van der Waals surface area contributed by atoms with E-state index in [9.17, 15) is 5.11 Å². The normalized spacial score (nSPS) is 11.6. The summed E-state index contributed by atoms with van der Waals surface area (Å²) >= 11 is 1.59. The van der Waals surface area contributed by atoms with Crippen molar-refractivity contribution in [1.82, 2.24) is 14.5 Å². The Balaban J connectivity index is 1.54. The maximum atomic E-state index is 10.2. The molecule has 0 spiro atoms. The molecular weight excluding hydrogens is 426 g/mol. The number of phenolic OH excluding ortho intramolecular Hbond substituents is 1. The van der Waals surface area contributed by atoms with Crippen molar-refractivity contribution in [2.45, 2.75) is 23.8 Å². The van der Waals surface area contributed by atoms with Crippen molar-refractivity contribution in [3.05, 3.63) is 96.2 Å². The number of hydrogen-bond acceptors (Lipinski definition) is 4. The van der Waals surface area contributed by atoms with Crippen LogP contribution in [0.1, 0.15) is 11.3 Å². The van der Waals surface area contributed by atoms with E-state index >= 15 is 0 Å². The highest BCUT2D eigenvalue weighted by atomic mass is 32.2. The Hall–Kier alpha value is -3.83. The molecule has 0 radical (unpaired) electrons. The molecule has 0 unspecified atom stereocenters. The zero-order chi connectivity index (χ0) is 22.5. The van der Waals surface area contributed by atoms with Gasteiger partial charge in [0.1, 0.15) is 22.1 Å². The molecule has 0 amide bonds. The van der Waals surface area contributed by atoms with Crippen LogP contribution >= 0.6 is 11.8 Å². The van der Waals surface area contributed by atoms with Crippen LogP contribution in [0.5, 0.6) is 5.75 Å². The minimum Gasteiger partial charge on any atom is -0.506 e. The Morgan fingerprint density at radius 1 is 0.758 bits per heavy atom. The molecule has 6 aromatic rings. The van der Waals surface area contributed by atoms with Crippen molar-refractivity contribution < 1.29 is 5.11 Å². The Morgan fingerprint density at radius 2 is 1.61 bits per heavy atom. The second-order valence-electron chi connectivity index (χ2n) is 8.23. The van der Waals surface area contributed by atoms with Gasteiger partial charge in [0.05, 0.1) is 11.0 Å². The average molecular weight is 448 g/mol. The molecule has 160 valence electrons. The van der Waals surface area contributed by atoms with Crippen LogP contribution in [0.3, 0.4) is 0 Å². The van der Waals surface area contributed by atoms with E-state index in [4.69, 9.17) is 9.97 Å². The van der Waals surface area contributed by atoms with E-state index < -0.39 is 0 Å². The van der Waals surface area contributed by atoms with E-state index in [1.54, 1.807) is 17.8 Å². The van der Waals surface area contributed by atoms with E-state index in [1.165, 1.54) is 10.8 Å². The van der Waals surface area contributed by atoms with Gasteiger partial charge in [-0.15, -0.1) is 0 Å². The standard InChI is InChI=1S/C28H21N3OS/c1-17-10-11-18(2)29-28(17)31-23-8-4-3-7-21(23)22-14-13-20(16-24(22)31)33-26-15-12-19-6-5-9-25(32)27(19)30-26/h3-16,32H,1-2H3. The third kappa shape index (κ3) is 3.33. The first kappa shape index (κ1) is 19.8. The Bertz CT molecular complexity index is 1690. The molecule has 0 fully saturated rings. The van der Waals surface area contributed by atoms with Crippen LogP contribution in [0.15, 0.2) is 94.9 Å². The van der Waals surface area contributed by atoms with Gasteiger partial charge < -0.3 is 5.11 Å². The van der Waals surface area contributed by atoms with Gasteiger partial charge in [-0.25, -0.2) is 9.97 Å². The lowest BCUT2D eigenvalue weighted by Crippen LogP contribution is -2.01. The molecule has 33 heavy (non-hydrogen) atoms. The van der Waals surface area contributed by atoms with Crippen molar-refractivity contribution in [2.24, 2.45) is 0 Å². The predicted octanol–water partition coefficient (Wildman–Crippen LogP) is 7.20. The van der Waals surface area contributed by atoms with Gasteiger partial charge in [0.15, 0.2) is 0 Å². The first-order chi connectivity index (χ1) is 16.1. The Labute approximate surface area is 195 Å². The lowest BCUT2D eigenvalue weighted by Gasteiger charge is -2.11. The molecule has 4 nitrogen and oxygen atoms in total. The summed E-state index contributed by atoms with van der Waals surface area (Å²) < 4.78 is 2.26. The molecule has 3 heterocycles. The van der Waals surface area contributed by atoms with Crippen LogP contribution in [0.25, 0.3) is 38.5 Å². The third-order valence-electron chi connectivity index (χ3n) is 5.96. The number of hydrogen-bond donors (Lipinski definition) is 1. The van der Waals surface area contributed by atoms with Crippen LogP contribution < -0.4 is 0 Å². The van der Waals surface area contributed by atoms with E-state index in [0.29, 0.717) is 5.52 Å². The molecule has 0 aliphatic carbocycles. The molecule has 0 aliphatic rings. The molecule has 1 N–H and O–H groups in total. The second kappa shape index (κ2) is 7.64. The summed E-state index contributed by atoms with van der Waals surface area (Å²) in [5, 5.41) is 14.4. The molecule has 0 saturated carbocycles.